The SMILES string of the molecule is CN(CC(=O)Nc1ccc(Br)cc1F)C1CCCCC1O. The van der Waals surface area contributed by atoms with Crippen LogP contribution in [0.1, 0.15) is 25.7 Å². The smallest absolute Gasteiger partial charge is 0.238 e. The number of hydrogen-bond donors (Lipinski definition) is 2. The van der Waals surface area contributed by atoms with Gasteiger partial charge < -0.3 is 10.4 Å². The van der Waals surface area contributed by atoms with E-state index in [0.717, 1.165) is 25.7 Å². The third-order valence-corrected chi connectivity index (χ3v) is 4.35. The zero-order valence-corrected chi connectivity index (χ0v) is 13.6. The van der Waals surface area contributed by atoms with Crippen molar-refractivity contribution in [1.29, 1.82) is 0 Å². The molecule has 1 aliphatic carbocycles. The van der Waals surface area contributed by atoms with Gasteiger partial charge in [-0.2, -0.15) is 0 Å². The van der Waals surface area contributed by atoms with Crippen LogP contribution in [0.15, 0.2) is 22.7 Å². The molecule has 0 aromatic heterocycles. The number of aliphatic hydroxyl groups excluding tert-OH is 1. The van der Waals surface area contributed by atoms with Crippen LogP contribution >= 0.6 is 15.9 Å². The number of anilines is 1. The Morgan fingerprint density at radius 1 is 1.48 bits per heavy atom. The summed E-state index contributed by atoms with van der Waals surface area (Å²) in [5, 5.41) is 12.5. The fraction of sp³-hybridized carbons (Fsp3) is 0.533. The number of rotatable bonds is 4. The van der Waals surface area contributed by atoms with Crippen molar-refractivity contribution in [3.05, 3.63) is 28.5 Å². The zero-order chi connectivity index (χ0) is 15.4. The van der Waals surface area contributed by atoms with E-state index in [4.69, 9.17) is 0 Å². The van der Waals surface area contributed by atoms with E-state index in [1.165, 1.54) is 12.1 Å². The maximum Gasteiger partial charge on any atom is 0.238 e. The van der Waals surface area contributed by atoms with E-state index in [9.17, 15) is 14.3 Å². The highest BCUT2D eigenvalue weighted by Crippen LogP contribution is 2.23. The van der Waals surface area contributed by atoms with Crippen LogP contribution in [0.3, 0.4) is 0 Å². The number of carbonyl (C=O) groups excluding carboxylic acids is 1. The summed E-state index contributed by atoms with van der Waals surface area (Å²) < 4.78 is 14.3. The molecule has 0 radical (unpaired) electrons. The molecule has 21 heavy (non-hydrogen) atoms. The molecule has 116 valence electrons. The number of likely N-dealkylation sites (N-methyl/N-ethyl adjacent to an activating group) is 1. The van der Waals surface area contributed by atoms with Crippen molar-refractivity contribution in [2.24, 2.45) is 0 Å². The molecule has 1 saturated carbocycles. The summed E-state index contributed by atoms with van der Waals surface area (Å²) in [5.41, 5.74) is 0.167. The number of nitrogens with one attached hydrogen (secondary N) is 1. The van der Waals surface area contributed by atoms with Crippen molar-refractivity contribution < 1.29 is 14.3 Å². The lowest BCUT2D eigenvalue weighted by molar-refractivity contribution is -0.118. The first-order valence-electron chi connectivity index (χ1n) is 7.10. The van der Waals surface area contributed by atoms with Gasteiger partial charge >= 0.3 is 0 Å². The van der Waals surface area contributed by atoms with Crippen molar-refractivity contribution in [3.8, 4) is 0 Å². The molecule has 1 aromatic carbocycles. The number of amides is 1. The summed E-state index contributed by atoms with van der Waals surface area (Å²) in [5.74, 6) is -0.755. The highest BCUT2D eigenvalue weighted by atomic mass is 79.9. The first-order chi connectivity index (χ1) is 9.97. The Bertz CT molecular complexity index is 512. The van der Waals surface area contributed by atoms with Gasteiger partial charge in [0.25, 0.3) is 0 Å². The monoisotopic (exact) mass is 358 g/mol. The molecule has 0 spiro atoms. The summed E-state index contributed by atoms with van der Waals surface area (Å²) in [6, 6.07) is 4.50. The molecule has 4 nitrogen and oxygen atoms in total. The van der Waals surface area contributed by atoms with Crippen molar-refractivity contribution in [3.63, 3.8) is 0 Å². The van der Waals surface area contributed by atoms with E-state index in [0.29, 0.717) is 4.47 Å². The quantitative estimate of drug-likeness (QED) is 0.869. The molecule has 0 bridgehead atoms. The van der Waals surface area contributed by atoms with E-state index < -0.39 is 5.82 Å². The summed E-state index contributed by atoms with van der Waals surface area (Å²) in [6.07, 6.45) is 3.37. The van der Waals surface area contributed by atoms with Gasteiger partial charge in [0.1, 0.15) is 5.82 Å². The summed E-state index contributed by atoms with van der Waals surface area (Å²) >= 11 is 3.17. The first-order valence-corrected chi connectivity index (χ1v) is 7.90. The normalized spacial score (nSPS) is 22.3. The molecular weight excluding hydrogens is 339 g/mol. The van der Waals surface area contributed by atoms with Gasteiger partial charge in [-0.3, -0.25) is 9.69 Å². The fourth-order valence-corrected chi connectivity index (χ4v) is 3.06. The molecule has 6 heteroatoms. The summed E-state index contributed by atoms with van der Waals surface area (Å²) in [7, 11) is 1.82. The number of halogens is 2. The van der Waals surface area contributed by atoms with Crippen molar-refractivity contribution >= 4 is 27.5 Å². The second-order valence-corrected chi connectivity index (χ2v) is 6.42. The van der Waals surface area contributed by atoms with E-state index >= 15 is 0 Å². The molecule has 2 unspecified atom stereocenters. The molecule has 2 N–H and O–H groups in total. The lowest BCUT2D eigenvalue weighted by atomic mass is 9.91. The standard InChI is InChI=1S/C15H20BrFN2O2/c1-19(13-4-2-3-5-14(13)20)9-15(21)18-12-7-6-10(16)8-11(12)17/h6-8,13-14,20H,2-5,9H2,1H3,(H,18,21). The molecule has 2 rings (SSSR count). The van der Waals surface area contributed by atoms with Crippen LogP contribution in [-0.2, 0) is 4.79 Å². The average Bonchev–Trinajstić information content (AvgIpc) is 2.42. The maximum atomic E-state index is 13.7. The maximum absolute atomic E-state index is 13.7. The van der Waals surface area contributed by atoms with Crippen LogP contribution in [0.4, 0.5) is 10.1 Å². The third kappa shape index (κ3) is 4.49. The van der Waals surface area contributed by atoms with E-state index in [2.05, 4.69) is 21.2 Å². The molecule has 0 aliphatic heterocycles. The first kappa shape index (κ1) is 16.4. The van der Waals surface area contributed by atoms with Crippen LogP contribution in [0.2, 0.25) is 0 Å². The molecule has 1 fully saturated rings. The Hall–Kier alpha value is -0.980. The lowest BCUT2D eigenvalue weighted by Crippen LogP contribution is -2.46. The second kappa shape index (κ2) is 7.33. The number of hydrogen-bond acceptors (Lipinski definition) is 3. The Balaban J connectivity index is 1.91. The molecule has 1 amide bonds. The molecular formula is C15H20BrFN2O2. The minimum Gasteiger partial charge on any atom is -0.391 e. The Kier molecular flexibility index (Phi) is 5.72. The number of benzene rings is 1. The largest absolute Gasteiger partial charge is 0.391 e. The molecule has 2 atom stereocenters. The van der Waals surface area contributed by atoms with Gasteiger partial charge in [0.15, 0.2) is 0 Å². The molecule has 1 aromatic rings. The highest BCUT2D eigenvalue weighted by Gasteiger charge is 2.27. The van der Waals surface area contributed by atoms with Gasteiger partial charge in [-0.15, -0.1) is 0 Å². The summed E-state index contributed by atoms with van der Waals surface area (Å²) in [6.45, 7) is 0.136. The molecule has 1 aliphatic rings. The zero-order valence-electron chi connectivity index (χ0n) is 12.0. The van der Waals surface area contributed by atoms with Crippen molar-refractivity contribution in [2.75, 3.05) is 18.9 Å². The minimum absolute atomic E-state index is 0.000681. The van der Waals surface area contributed by atoms with Gasteiger partial charge in [0.2, 0.25) is 5.91 Å². The second-order valence-electron chi connectivity index (χ2n) is 5.51. The van der Waals surface area contributed by atoms with Crippen LogP contribution in [0, 0.1) is 5.82 Å². The van der Waals surface area contributed by atoms with E-state index in [-0.39, 0.29) is 30.3 Å². The predicted molar refractivity (Wildman–Crippen MR) is 83.6 cm³/mol. The van der Waals surface area contributed by atoms with Gasteiger partial charge in [-0.1, -0.05) is 28.8 Å². The fourth-order valence-electron chi connectivity index (χ4n) is 2.73. The van der Waals surface area contributed by atoms with Gasteiger partial charge in [0, 0.05) is 10.5 Å². The van der Waals surface area contributed by atoms with Crippen LogP contribution in [-0.4, -0.2) is 41.7 Å². The van der Waals surface area contributed by atoms with Crippen molar-refractivity contribution in [1.82, 2.24) is 4.90 Å². The van der Waals surface area contributed by atoms with E-state index in [1.54, 1.807) is 6.07 Å². The van der Waals surface area contributed by atoms with Gasteiger partial charge in [-0.05, 0) is 38.1 Å². The topological polar surface area (TPSA) is 52.6 Å². The van der Waals surface area contributed by atoms with E-state index in [1.807, 2.05) is 11.9 Å². The Labute approximate surface area is 132 Å². The highest BCUT2D eigenvalue weighted by molar-refractivity contribution is 9.10. The number of aliphatic hydroxyl groups is 1. The Morgan fingerprint density at radius 2 is 2.19 bits per heavy atom. The molecule has 0 saturated heterocycles. The van der Waals surface area contributed by atoms with Crippen LogP contribution in [0.5, 0.6) is 0 Å². The van der Waals surface area contributed by atoms with Crippen LogP contribution in [0.25, 0.3) is 0 Å². The third-order valence-electron chi connectivity index (χ3n) is 3.86. The van der Waals surface area contributed by atoms with Gasteiger partial charge in [0.05, 0.1) is 18.3 Å². The van der Waals surface area contributed by atoms with Crippen molar-refractivity contribution in [2.45, 2.75) is 37.8 Å². The number of carbonyl (C=O) groups is 1. The van der Waals surface area contributed by atoms with Crippen LogP contribution < -0.4 is 5.32 Å². The Morgan fingerprint density at radius 3 is 2.86 bits per heavy atom. The minimum atomic E-state index is -0.474. The van der Waals surface area contributed by atoms with Gasteiger partial charge in [-0.25, -0.2) is 4.39 Å². The lowest BCUT2D eigenvalue weighted by Gasteiger charge is -2.34. The average molecular weight is 359 g/mol. The number of nitrogens with zero attached hydrogens (tertiary/aromatic N) is 1. The summed E-state index contributed by atoms with van der Waals surface area (Å²) in [4.78, 5) is 13.8. The molecule has 0 heterocycles. The predicted octanol–water partition coefficient (Wildman–Crippen LogP) is 2.76.